The molecule has 0 amide bonds. The van der Waals surface area contributed by atoms with E-state index in [2.05, 4.69) is 12.1 Å². The van der Waals surface area contributed by atoms with E-state index in [4.69, 9.17) is 20.2 Å². The first-order valence-corrected chi connectivity index (χ1v) is 4.14. The first-order valence-electron chi connectivity index (χ1n) is 4.14. The van der Waals surface area contributed by atoms with Crippen LogP contribution in [0.4, 0.5) is 4.79 Å². The van der Waals surface area contributed by atoms with Gasteiger partial charge >= 0.3 is 6.16 Å². The molecule has 0 rings (SSSR count). The van der Waals surface area contributed by atoms with E-state index in [-0.39, 0.29) is 0 Å². The van der Waals surface area contributed by atoms with E-state index < -0.39 is 6.16 Å². The number of rotatable bonds is 4. The van der Waals surface area contributed by atoms with Crippen LogP contribution in [0.5, 0.6) is 0 Å². The van der Waals surface area contributed by atoms with Crippen LogP contribution in [0.2, 0.25) is 0 Å². The van der Waals surface area contributed by atoms with Gasteiger partial charge in [0, 0.05) is 0 Å². The van der Waals surface area contributed by atoms with E-state index in [1.807, 2.05) is 6.92 Å². The summed E-state index contributed by atoms with van der Waals surface area (Å²) in [5, 5.41) is 25.2. The number of oxime groups is 1. The molecule has 0 unspecified atom stereocenters. The largest absolute Gasteiger partial charge is 0.503 e. The molecule has 0 spiro atoms. The molecule has 0 saturated carbocycles. The molecule has 0 aromatic heterocycles. The summed E-state index contributed by atoms with van der Waals surface area (Å²) in [4.78, 5) is 8.56. The Bertz CT molecular complexity index is 152. The standard InChI is InChI=1S/C7H15NO.CH2O3/c1-3-4-5-6-7(2)8-9;2-1(3)4/h9H,3-6H2,1-2H3;(H2,2,3,4). The van der Waals surface area contributed by atoms with Crippen molar-refractivity contribution in [3.05, 3.63) is 0 Å². The van der Waals surface area contributed by atoms with Crippen LogP contribution >= 0.6 is 0 Å². The van der Waals surface area contributed by atoms with Gasteiger partial charge in [0.1, 0.15) is 0 Å². The van der Waals surface area contributed by atoms with Crippen LogP contribution < -0.4 is 0 Å². The summed E-state index contributed by atoms with van der Waals surface area (Å²) < 4.78 is 0. The van der Waals surface area contributed by atoms with Gasteiger partial charge in [0.05, 0.1) is 5.71 Å². The molecule has 3 N–H and O–H groups in total. The molecular formula is C8H17NO4. The van der Waals surface area contributed by atoms with Crippen LogP contribution in [-0.2, 0) is 0 Å². The molecule has 0 aliphatic rings. The van der Waals surface area contributed by atoms with Crippen molar-refractivity contribution < 1.29 is 20.2 Å². The highest BCUT2D eigenvalue weighted by Crippen LogP contribution is 1.99. The number of carboxylic acid groups (broad SMARTS) is 2. The predicted octanol–water partition coefficient (Wildman–Crippen LogP) is 2.64. The van der Waals surface area contributed by atoms with Crippen LogP contribution in [-0.4, -0.2) is 27.3 Å². The van der Waals surface area contributed by atoms with Gasteiger partial charge < -0.3 is 15.4 Å². The smallest absolute Gasteiger partial charge is 0.450 e. The van der Waals surface area contributed by atoms with Gasteiger partial charge in [0.2, 0.25) is 0 Å². The summed E-state index contributed by atoms with van der Waals surface area (Å²) in [6.45, 7) is 4.00. The molecule has 0 saturated heterocycles. The Morgan fingerprint density at radius 3 is 2.08 bits per heavy atom. The molecule has 0 aromatic rings. The first kappa shape index (κ1) is 14.3. The fourth-order valence-electron chi connectivity index (χ4n) is 0.681. The van der Waals surface area contributed by atoms with Gasteiger partial charge in [-0.1, -0.05) is 24.9 Å². The molecule has 0 fully saturated rings. The Labute approximate surface area is 77.7 Å². The van der Waals surface area contributed by atoms with Crippen molar-refractivity contribution in [3.63, 3.8) is 0 Å². The number of unbranched alkanes of at least 4 members (excludes halogenated alkanes) is 2. The number of nitrogens with zero attached hydrogens (tertiary/aromatic N) is 1. The topological polar surface area (TPSA) is 90.1 Å². The second-order valence-corrected chi connectivity index (χ2v) is 2.57. The zero-order valence-corrected chi connectivity index (χ0v) is 8.03. The molecule has 0 radical (unpaired) electrons. The fourth-order valence-corrected chi connectivity index (χ4v) is 0.681. The molecule has 78 valence electrons. The van der Waals surface area contributed by atoms with Crippen LogP contribution in [0.3, 0.4) is 0 Å². The number of carbonyl (C=O) groups is 1. The normalized spacial score (nSPS) is 10.2. The molecule has 0 aliphatic carbocycles. The third kappa shape index (κ3) is 24.9. The summed E-state index contributed by atoms with van der Waals surface area (Å²) in [6.07, 6.45) is 2.70. The van der Waals surface area contributed by atoms with Gasteiger partial charge in [0.15, 0.2) is 0 Å². The van der Waals surface area contributed by atoms with Crippen LogP contribution in [0.25, 0.3) is 0 Å². The van der Waals surface area contributed by atoms with Crippen molar-refractivity contribution in [3.8, 4) is 0 Å². The Morgan fingerprint density at radius 1 is 1.31 bits per heavy atom. The highest BCUT2D eigenvalue weighted by molar-refractivity contribution is 5.81. The maximum Gasteiger partial charge on any atom is 0.503 e. The molecule has 0 bridgehead atoms. The van der Waals surface area contributed by atoms with Crippen LogP contribution in [0, 0.1) is 0 Å². The Morgan fingerprint density at radius 2 is 1.77 bits per heavy atom. The highest BCUT2D eigenvalue weighted by Gasteiger charge is 1.89. The van der Waals surface area contributed by atoms with Gasteiger partial charge in [-0.25, -0.2) is 4.79 Å². The maximum atomic E-state index is 8.56. The minimum Gasteiger partial charge on any atom is -0.450 e. The Balaban J connectivity index is 0. The van der Waals surface area contributed by atoms with Crippen LogP contribution in [0.1, 0.15) is 39.5 Å². The molecule has 0 aliphatic heterocycles. The molecule has 5 nitrogen and oxygen atoms in total. The van der Waals surface area contributed by atoms with E-state index in [0.29, 0.717) is 0 Å². The third-order valence-electron chi connectivity index (χ3n) is 1.31. The van der Waals surface area contributed by atoms with Crippen molar-refractivity contribution in [2.24, 2.45) is 5.16 Å². The van der Waals surface area contributed by atoms with E-state index in [9.17, 15) is 0 Å². The van der Waals surface area contributed by atoms with E-state index in [0.717, 1.165) is 18.6 Å². The number of hydrogen-bond donors (Lipinski definition) is 3. The lowest BCUT2D eigenvalue weighted by atomic mass is 10.1. The van der Waals surface area contributed by atoms with E-state index >= 15 is 0 Å². The zero-order valence-electron chi connectivity index (χ0n) is 8.03. The molecule has 13 heavy (non-hydrogen) atoms. The Hall–Kier alpha value is -1.26. The lowest BCUT2D eigenvalue weighted by molar-refractivity contribution is 0.137. The summed E-state index contributed by atoms with van der Waals surface area (Å²) in [5.74, 6) is 0. The van der Waals surface area contributed by atoms with Gasteiger partial charge in [0.25, 0.3) is 0 Å². The van der Waals surface area contributed by atoms with Crippen molar-refractivity contribution in [1.29, 1.82) is 0 Å². The average Bonchev–Trinajstić information content (AvgIpc) is 2.03. The van der Waals surface area contributed by atoms with Crippen molar-refractivity contribution in [1.82, 2.24) is 0 Å². The average molecular weight is 191 g/mol. The predicted molar refractivity (Wildman–Crippen MR) is 49.7 cm³/mol. The summed E-state index contributed by atoms with van der Waals surface area (Å²) in [6, 6.07) is 0. The Kier molecular flexibility index (Phi) is 11.8. The lowest BCUT2D eigenvalue weighted by Gasteiger charge is -1.94. The molecule has 0 aromatic carbocycles. The highest BCUT2D eigenvalue weighted by atomic mass is 16.6. The monoisotopic (exact) mass is 191 g/mol. The van der Waals surface area contributed by atoms with Gasteiger partial charge in [-0.15, -0.1) is 0 Å². The second-order valence-electron chi connectivity index (χ2n) is 2.57. The van der Waals surface area contributed by atoms with Crippen molar-refractivity contribution in [2.75, 3.05) is 0 Å². The van der Waals surface area contributed by atoms with E-state index in [1.54, 1.807) is 0 Å². The molecule has 0 heterocycles. The summed E-state index contributed by atoms with van der Waals surface area (Å²) >= 11 is 0. The quantitative estimate of drug-likeness (QED) is 0.276. The third-order valence-corrected chi connectivity index (χ3v) is 1.31. The van der Waals surface area contributed by atoms with Crippen molar-refractivity contribution in [2.45, 2.75) is 39.5 Å². The number of hydrogen-bond acceptors (Lipinski definition) is 3. The summed E-state index contributed by atoms with van der Waals surface area (Å²) in [7, 11) is 0. The van der Waals surface area contributed by atoms with E-state index in [1.165, 1.54) is 12.8 Å². The fraction of sp³-hybridized carbons (Fsp3) is 0.750. The molecule has 5 heteroatoms. The lowest BCUT2D eigenvalue weighted by Crippen LogP contribution is -1.89. The molecule has 0 atom stereocenters. The van der Waals surface area contributed by atoms with Crippen molar-refractivity contribution >= 4 is 11.9 Å². The van der Waals surface area contributed by atoms with Gasteiger partial charge in [-0.05, 0) is 19.8 Å². The minimum atomic E-state index is -1.83. The second kappa shape index (κ2) is 10.7. The summed E-state index contributed by atoms with van der Waals surface area (Å²) in [5.41, 5.74) is 0.837. The molecular weight excluding hydrogens is 174 g/mol. The minimum absolute atomic E-state index is 0.837. The first-order chi connectivity index (χ1) is 6.04. The van der Waals surface area contributed by atoms with Gasteiger partial charge in [-0.2, -0.15) is 0 Å². The van der Waals surface area contributed by atoms with Crippen LogP contribution in [0.15, 0.2) is 5.16 Å². The van der Waals surface area contributed by atoms with Gasteiger partial charge in [-0.3, -0.25) is 0 Å². The zero-order chi connectivity index (χ0) is 10.7. The SMILES string of the molecule is CCCCCC(C)=NO.O=C(O)O. The maximum absolute atomic E-state index is 8.56.